The van der Waals surface area contributed by atoms with E-state index in [4.69, 9.17) is 16.3 Å². The van der Waals surface area contributed by atoms with E-state index < -0.39 is 17.4 Å². The molecule has 2 amide bonds. The maximum absolute atomic E-state index is 13.7. The number of nitrogens with one attached hydrogen (secondary N) is 1. The van der Waals surface area contributed by atoms with E-state index in [2.05, 4.69) is 10.4 Å². The van der Waals surface area contributed by atoms with E-state index in [9.17, 15) is 14.4 Å². The predicted octanol–water partition coefficient (Wildman–Crippen LogP) is 3.11. The number of halogens is 1. The summed E-state index contributed by atoms with van der Waals surface area (Å²) in [5, 5.41) is 7.85. The second-order valence-corrected chi connectivity index (χ2v) is 8.72. The number of aromatic nitrogens is 2. The number of carbonyl (C=O) groups is 3. The highest BCUT2D eigenvalue weighted by Gasteiger charge is 2.50. The van der Waals surface area contributed by atoms with Crippen LogP contribution in [0.5, 0.6) is 0 Å². The van der Waals surface area contributed by atoms with Gasteiger partial charge in [-0.3, -0.25) is 19.2 Å². The second-order valence-electron chi connectivity index (χ2n) is 8.32. The van der Waals surface area contributed by atoms with E-state index in [1.54, 1.807) is 25.1 Å². The fraction of sp³-hybridized carbons (Fsp3) is 0.455. The Kier molecular flexibility index (Phi) is 5.51. The smallest absolute Gasteiger partial charge is 0.358 e. The van der Waals surface area contributed by atoms with Gasteiger partial charge in [0.1, 0.15) is 11.2 Å². The average molecular weight is 445 g/mol. The zero-order chi connectivity index (χ0) is 22.3. The number of ether oxygens (including phenoxy) is 1. The molecule has 1 atom stereocenters. The van der Waals surface area contributed by atoms with Gasteiger partial charge in [-0.05, 0) is 44.4 Å². The van der Waals surface area contributed by atoms with Crippen LogP contribution in [0.2, 0.25) is 5.02 Å². The molecule has 0 bridgehead atoms. The number of amides is 2. The van der Waals surface area contributed by atoms with Crippen molar-refractivity contribution in [1.82, 2.24) is 15.1 Å². The van der Waals surface area contributed by atoms with Crippen LogP contribution >= 0.6 is 11.6 Å². The Balaban J connectivity index is 1.82. The largest absolute Gasteiger partial charge is 0.464 e. The fourth-order valence-corrected chi connectivity index (χ4v) is 4.58. The number of esters is 1. The predicted molar refractivity (Wildman–Crippen MR) is 115 cm³/mol. The van der Waals surface area contributed by atoms with Crippen molar-refractivity contribution in [2.45, 2.75) is 57.7 Å². The molecule has 0 radical (unpaired) electrons. The Labute approximate surface area is 185 Å². The van der Waals surface area contributed by atoms with E-state index >= 15 is 0 Å². The summed E-state index contributed by atoms with van der Waals surface area (Å²) < 4.78 is 6.16. The third-order valence-corrected chi connectivity index (χ3v) is 6.62. The average Bonchev–Trinajstić information content (AvgIpc) is 3.40. The number of nitrogens with zero attached hydrogens (tertiary/aromatic N) is 3. The second kappa shape index (κ2) is 8.00. The molecule has 8 nitrogen and oxygen atoms in total. The van der Waals surface area contributed by atoms with E-state index in [1.165, 1.54) is 22.8 Å². The molecule has 1 saturated carbocycles. The molecular formula is C22H25ClN4O4. The lowest BCUT2D eigenvalue weighted by Gasteiger charge is -2.44. The van der Waals surface area contributed by atoms with Crippen LogP contribution in [0, 0.1) is 6.92 Å². The minimum Gasteiger partial charge on any atom is -0.464 e. The molecule has 1 unspecified atom stereocenters. The molecule has 1 N–H and O–H groups in total. The van der Waals surface area contributed by atoms with Crippen molar-refractivity contribution < 1.29 is 19.1 Å². The molecule has 0 spiro atoms. The van der Waals surface area contributed by atoms with E-state index in [-0.39, 0.29) is 29.9 Å². The molecule has 2 aromatic rings. The lowest BCUT2D eigenvalue weighted by atomic mass is 9.92. The summed E-state index contributed by atoms with van der Waals surface area (Å²) >= 11 is 6.34. The number of methoxy groups -OCH3 is 1. The molecule has 9 heteroatoms. The van der Waals surface area contributed by atoms with Gasteiger partial charge in [0.15, 0.2) is 5.69 Å². The normalized spacial score (nSPS) is 21.2. The Hall–Kier alpha value is -2.87. The van der Waals surface area contributed by atoms with Crippen LogP contribution in [-0.2, 0) is 16.1 Å². The van der Waals surface area contributed by atoms with Crippen molar-refractivity contribution in [3.63, 3.8) is 0 Å². The monoisotopic (exact) mass is 444 g/mol. The van der Waals surface area contributed by atoms with Gasteiger partial charge >= 0.3 is 5.97 Å². The van der Waals surface area contributed by atoms with Gasteiger partial charge in [-0.1, -0.05) is 30.5 Å². The van der Waals surface area contributed by atoms with E-state index in [0.717, 1.165) is 25.7 Å². The van der Waals surface area contributed by atoms with Crippen molar-refractivity contribution >= 4 is 35.1 Å². The first kappa shape index (κ1) is 21.4. The molecular weight excluding hydrogens is 420 g/mol. The summed E-state index contributed by atoms with van der Waals surface area (Å²) in [6, 6.07) is 6.75. The highest BCUT2D eigenvalue weighted by Crippen LogP contribution is 2.37. The Bertz CT molecular complexity index is 1060. The lowest BCUT2D eigenvalue weighted by Crippen LogP contribution is -2.65. The van der Waals surface area contributed by atoms with Crippen molar-refractivity contribution in [3.05, 3.63) is 46.2 Å². The van der Waals surface area contributed by atoms with Crippen LogP contribution in [0.4, 0.5) is 5.69 Å². The van der Waals surface area contributed by atoms with E-state index in [0.29, 0.717) is 16.3 Å². The van der Waals surface area contributed by atoms with Crippen molar-refractivity contribution in [2.24, 2.45) is 0 Å². The Morgan fingerprint density at radius 3 is 2.68 bits per heavy atom. The summed E-state index contributed by atoms with van der Waals surface area (Å²) in [7, 11) is 1.25. The topological polar surface area (TPSA) is 93.5 Å². The molecule has 164 valence electrons. The lowest BCUT2D eigenvalue weighted by molar-refractivity contribution is -0.127. The zero-order valence-electron chi connectivity index (χ0n) is 17.8. The zero-order valence-corrected chi connectivity index (χ0v) is 18.5. The molecule has 0 saturated heterocycles. The van der Waals surface area contributed by atoms with Crippen LogP contribution in [-0.4, -0.2) is 46.3 Å². The SMILES string of the molecule is COC(=O)c1cc2n(n1)CC(C)(C(=O)NC1CCCC1)N(c1cccc(Cl)c1C)C2=O. The Morgan fingerprint density at radius 1 is 1.29 bits per heavy atom. The summed E-state index contributed by atoms with van der Waals surface area (Å²) in [5.41, 5.74) is 0.217. The van der Waals surface area contributed by atoms with Crippen LogP contribution in [0.25, 0.3) is 0 Å². The first-order chi connectivity index (χ1) is 14.8. The van der Waals surface area contributed by atoms with Gasteiger partial charge < -0.3 is 10.1 Å². The van der Waals surface area contributed by atoms with Gasteiger partial charge in [-0.15, -0.1) is 0 Å². The summed E-state index contributed by atoms with van der Waals surface area (Å²) in [6.07, 6.45) is 3.99. The van der Waals surface area contributed by atoms with Crippen LogP contribution in [0.3, 0.4) is 0 Å². The van der Waals surface area contributed by atoms with Crippen LogP contribution in [0.1, 0.15) is 59.1 Å². The number of fused-ring (bicyclic) bond motifs is 1. The maximum Gasteiger partial charge on any atom is 0.358 e. The molecule has 1 aromatic heterocycles. The molecule has 1 aliphatic carbocycles. The number of hydrogen-bond acceptors (Lipinski definition) is 5. The minimum absolute atomic E-state index is 0.0223. The van der Waals surface area contributed by atoms with Gasteiger partial charge in [0.05, 0.1) is 13.7 Å². The number of carbonyl (C=O) groups excluding carboxylic acids is 3. The van der Waals surface area contributed by atoms with Gasteiger partial charge in [-0.25, -0.2) is 4.79 Å². The molecule has 4 rings (SSSR count). The van der Waals surface area contributed by atoms with Crippen molar-refractivity contribution in [3.8, 4) is 0 Å². The Morgan fingerprint density at radius 2 is 2.00 bits per heavy atom. The number of hydrogen-bond donors (Lipinski definition) is 1. The fourth-order valence-electron chi connectivity index (χ4n) is 4.41. The van der Waals surface area contributed by atoms with Crippen LogP contribution in [0.15, 0.2) is 24.3 Å². The quantitative estimate of drug-likeness (QED) is 0.731. The first-order valence-electron chi connectivity index (χ1n) is 10.3. The van der Waals surface area contributed by atoms with Gasteiger partial charge in [0, 0.05) is 22.8 Å². The molecule has 1 aliphatic heterocycles. The number of anilines is 1. The molecule has 2 aliphatic rings. The molecule has 1 aromatic carbocycles. The highest BCUT2D eigenvalue weighted by molar-refractivity contribution is 6.32. The third-order valence-electron chi connectivity index (χ3n) is 6.21. The molecule has 31 heavy (non-hydrogen) atoms. The molecule has 2 heterocycles. The number of benzene rings is 1. The van der Waals surface area contributed by atoms with Crippen LogP contribution < -0.4 is 10.2 Å². The maximum atomic E-state index is 13.7. The minimum atomic E-state index is -1.26. The van der Waals surface area contributed by atoms with Gasteiger partial charge in [-0.2, -0.15) is 5.10 Å². The summed E-state index contributed by atoms with van der Waals surface area (Å²) in [5.74, 6) is -1.33. The van der Waals surface area contributed by atoms with Crippen molar-refractivity contribution in [1.29, 1.82) is 0 Å². The third kappa shape index (κ3) is 3.59. The standard InChI is InChI=1S/C22H25ClN4O4/c1-13-15(23)9-6-10-17(13)27-19(28)18-11-16(20(29)31-3)25-26(18)12-22(27,2)21(30)24-14-7-4-5-8-14/h6,9-11,14H,4-5,7-8,12H2,1-3H3,(H,24,30). The first-order valence-corrected chi connectivity index (χ1v) is 10.7. The summed E-state index contributed by atoms with van der Waals surface area (Å²) in [4.78, 5) is 40.7. The van der Waals surface area contributed by atoms with Gasteiger partial charge in [0.2, 0.25) is 5.91 Å². The number of rotatable bonds is 4. The van der Waals surface area contributed by atoms with Crippen molar-refractivity contribution in [2.75, 3.05) is 12.0 Å². The highest BCUT2D eigenvalue weighted by atomic mass is 35.5. The van der Waals surface area contributed by atoms with Gasteiger partial charge in [0.25, 0.3) is 5.91 Å². The summed E-state index contributed by atoms with van der Waals surface area (Å²) in [6.45, 7) is 3.62. The molecule has 1 fully saturated rings. The van der Waals surface area contributed by atoms with E-state index in [1.807, 2.05) is 6.92 Å².